The summed E-state index contributed by atoms with van der Waals surface area (Å²) in [6.07, 6.45) is -1.34. The quantitative estimate of drug-likeness (QED) is 0.324. The largest absolute Gasteiger partial charge is 0.480 e. The Morgan fingerprint density at radius 1 is 0.951 bits per heavy atom. The lowest BCUT2D eigenvalue weighted by Crippen LogP contribution is -2.50. The molecule has 1 fully saturated rings. The zero-order valence-corrected chi connectivity index (χ0v) is 22.8. The SMILES string of the molecule is C[C@@H](OCc1ccccc1)[C@H](NC(=O)C1COC(CNC(=O)OCC2c3ccccc3-c3ccccc32)C1)C(=O)O. The van der Waals surface area contributed by atoms with Gasteiger partial charge in [-0.25, -0.2) is 9.59 Å². The Kier molecular flexibility index (Phi) is 8.96. The number of carboxylic acids is 1. The predicted octanol–water partition coefficient (Wildman–Crippen LogP) is 4.10. The summed E-state index contributed by atoms with van der Waals surface area (Å²) in [6, 6.07) is 24.4. The van der Waals surface area contributed by atoms with Crippen molar-refractivity contribution >= 4 is 18.0 Å². The van der Waals surface area contributed by atoms with Crippen LogP contribution in [-0.4, -0.2) is 61.1 Å². The molecule has 0 spiro atoms. The molecule has 4 atom stereocenters. The molecule has 1 aliphatic carbocycles. The summed E-state index contributed by atoms with van der Waals surface area (Å²) in [6.45, 7) is 2.37. The molecule has 2 aliphatic rings. The van der Waals surface area contributed by atoms with Crippen LogP contribution in [0.5, 0.6) is 0 Å². The minimum Gasteiger partial charge on any atom is -0.480 e. The second kappa shape index (κ2) is 13.0. The van der Waals surface area contributed by atoms with E-state index >= 15 is 0 Å². The van der Waals surface area contributed by atoms with Crippen molar-refractivity contribution in [1.29, 1.82) is 0 Å². The molecule has 9 heteroatoms. The van der Waals surface area contributed by atoms with E-state index in [2.05, 4.69) is 34.9 Å². The summed E-state index contributed by atoms with van der Waals surface area (Å²) in [7, 11) is 0. The maximum atomic E-state index is 12.9. The van der Waals surface area contributed by atoms with Crippen LogP contribution in [-0.2, 0) is 30.4 Å². The maximum Gasteiger partial charge on any atom is 0.407 e. The number of hydrogen-bond acceptors (Lipinski definition) is 6. The van der Waals surface area contributed by atoms with Crippen LogP contribution >= 0.6 is 0 Å². The highest BCUT2D eigenvalue weighted by Gasteiger charge is 2.35. The molecule has 2 unspecified atom stereocenters. The van der Waals surface area contributed by atoms with Crippen molar-refractivity contribution in [3.63, 3.8) is 0 Å². The van der Waals surface area contributed by atoms with Crippen molar-refractivity contribution < 1.29 is 33.7 Å². The lowest BCUT2D eigenvalue weighted by Gasteiger charge is -2.23. The van der Waals surface area contributed by atoms with Crippen LogP contribution in [0.25, 0.3) is 11.1 Å². The number of amides is 2. The molecule has 41 heavy (non-hydrogen) atoms. The number of rotatable bonds is 11. The number of alkyl carbamates (subject to hydrolysis) is 1. The van der Waals surface area contributed by atoms with Gasteiger partial charge in [-0.3, -0.25) is 4.79 Å². The van der Waals surface area contributed by atoms with Crippen LogP contribution in [0, 0.1) is 5.92 Å². The van der Waals surface area contributed by atoms with Crippen molar-refractivity contribution in [2.45, 2.75) is 44.1 Å². The van der Waals surface area contributed by atoms with Crippen LogP contribution in [0.3, 0.4) is 0 Å². The summed E-state index contributed by atoms with van der Waals surface area (Å²) in [5.74, 6) is -2.17. The highest BCUT2D eigenvalue weighted by Crippen LogP contribution is 2.44. The lowest BCUT2D eigenvalue weighted by atomic mass is 9.98. The van der Waals surface area contributed by atoms with Crippen LogP contribution in [0.2, 0.25) is 0 Å². The van der Waals surface area contributed by atoms with Gasteiger partial charge in [0.15, 0.2) is 6.04 Å². The molecule has 1 heterocycles. The molecule has 3 N–H and O–H groups in total. The first-order valence-corrected chi connectivity index (χ1v) is 13.8. The highest BCUT2D eigenvalue weighted by molar-refractivity contribution is 5.85. The Morgan fingerprint density at radius 2 is 1.59 bits per heavy atom. The third-order valence-electron chi connectivity index (χ3n) is 7.66. The fraction of sp³-hybridized carbons (Fsp3) is 0.344. The van der Waals surface area contributed by atoms with E-state index in [4.69, 9.17) is 14.2 Å². The normalized spacial score (nSPS) is 19.0. The molecular formula is C32H34N2O7. The van der Waals surface area contributed by atoms with Gasteiger partial charge >= 0.3 is 12.1 Å². The van der Waals surface area contributed by atoms with E-state index in [1.165, 1.54) is 0 Å². The molecule has 9 nitrogen and oxygen atoms in total. The first kappa shape index (κ1) is 28.3. The highest BCUT2D eigenvalue weighted by atomic mass is 16.5. The van der Waals surface area contributed by atoms with Gasteiger partial charge in [0, 0.05) is 12.5 Å². The fourth-order valence-electron chi connectivity index (χ4n) is 5.43. The van der Waals surface area contributed by atoms with Gasteiger partial charge in [-0.05, 0) is 41.2 Å². The predicted molar refractivity (Wildman–Crippen MR) is 151 cm³/mol. The van der Waals surface area contributed by atoms with Gasteiger partial charge < -0.3 is 30.0 Å². The molecule has 1 aliphatic heterocycles. The Morgan fingerprint density at radius 3 is 2.24 bits per heavy atom. The van der Waals surface area contributed by atoms with Gasteiger partial charge in [0.05, 0.1) is 31.3 Å². The van der Waals surface area contributed by atoms with E-state index in [1.54, 1.807) is 6.92 Å². The minimum atomic E-state index is -1.20. The van der Waals surface area contributed by atoms with Gasteiger partial charge in [0.1, 0.15) is 6.61 Å². The smallest absolute Gasteiger partial charge is 0.407 e. The summed E-state index contributed by atoms with van der Waals surface area (Å²) in [5, 5.41) is 15.0. The Hall–Kier alpha value is -4.21. The van der Waals surface area contributed by atoms with Crippen molar-refractivity contribution in [3.05, 3.63) is 95.6 Å². The number of nitrogens with one attached hydrogen (secondary N) is 2. The third-order valence-corrected chi connectivity index (χ3v) is 7.66. The number of ether oxygens (including phenoxy) is 3. The van der Waals surface area contributed by atoms with Crippen LogP contribution in [0.15, 0.2) is 78.9 Å². The molecule has 1 saturated heterocycles. The summed E-state index contributed by atoms with van der Waals surface area (Å²) in [4.78, 5) is 37.2. The Labute approximate surface area is 238 Å². The standard InChI is InChI=1S/C32H34N2O7/c1-20(39-17-21-9-3-2-4-10-21)29(31(36)37)34-30(35)22-15-23(40-18-22)16-33-32(38)41-19-28-26-13-7-5-11-24(26)25-12-6-8-14-27(25)28/h2-14,20,22-23,28-29H,15-19H2,1H3,(H,33,38)(H,34,35)(H,36,37)/t20-,22?,23?,29+/m1/s1. The second-order valence-corrected chi connectivity index (χ2v) is 10.4. The molecule has 0 bridgehead atoms. The zero-order valence-electron chi connectivity index (χ0n) is 22.8. The van der Waals surface area contributed by atoms with Gasteiger partial charge in [0.2, 0.25) is 5.91 Å². The van der Waals surface area contributed by atoms with Gasteiger partial charge in [0.25, 0.3) is 0 Å². The summed E-state index contributed by atoms with van der Waals surface area (Å²) in [5.41, 5.74) is 5.49. The molecule has 3 aromatic rings. The second-order valence-electron chi connectivity index (χ2n) is 10.4. The van der Waals surface area contributed by atoms with Crippen molar-refractivity contribution in [3.8, 4) is 11.1 Å². The number of benzene rings is 3. The molecule has 214 valence electrons. The molecular weight excluding hydrogens is 524 g/mol. The lowest BCUT2D eigenvalue weighted by molar-refractivity contribution is -0.147. The monoisotopic (exact) mass is 558 g/mol. The molecule has 2 amide bonds. The topological polar surface area (TPSA) is 123 Å². The summed E-state index contributed by atoms with van der Waals surface area (Å²) < 4.78 is 17.0. The molecule has 0 aromatic heterocycles. The van der Waals surface area contributed by atoms with Crippen molar-refractivity contribution in [2.75, 3.05) is 19.8 Å². The van der Waals surface area contributed by atoms with E-state index in [-0.39, 0.29) is 38.4 Å². The number of fused-ring (bicyclic) bond motifs is 3. The zero-order chi connectivity index (χ0) is 28.8. The van der Waals surface area contributed by atoms with E-state index in [0.717, 1.165) is 27.8 Å². The number of carbonyl (C=O) groups excluding carboxylic acids is 2. The molecule has 0 saturated carbocycles. The molecule has 3 aromatic carbocycles. The van der Waals surface area contributed by atoms with E-state index in [9.17, 15) is 19.5 Å². The van der Waals surface area contributed by atoms with E-state index < -0.39 is 36.0 Å². The number of carboxylic acid groups (broad SMARTS) is 1. The summed E-state index contributed by atoms with van der Waals surface area (Å²) >= 11 is 0. The number of hydrogen-bond donors (Lipinski definition) is 3. The number of carbonyl (C=O) groups is 3. The fourth-order valence-corrected chi connectivity index (χ4v) is 5.43. The van der Waals surface area contributed by atoms with Gasteiger partial charge in [-0.1, -0.05) is 78.9 Å². The number of aliphatic carboxylic acids is 1. The molecule has 5 rings (SSSR count). The van der Waals surface area contributed by atoms with Crippen molar-refractivity contribution in [2.24, 2.45) is 5.92 Å². The Bertz CT molecular complexity index is 1330. The van der Waals surface area contributed by atoms with Crippen LogP contribution < -0.4 is 10.6 Å². The van der Waals surface area contributed by atoms with Crippen LogP contribution in [0.4, 0.5) is 4.79 Å². The maximum absolute atomic E-state index is 12.9. The third kappa shape index (κ3) is 6.75. The first-order valence-electron chi connectivity index (χ1n) is 13.8. The average molecular weight is 559 g/mol. The first-order chi connectivity index (χ1) is 19.9. The average Bonchev–Trinajstić information content (AvgIpc) is 3.60. The van der Waals surface area contributed by atoms with E-state index in [1.807, 2.05) is 54.6 Å². The molecule has 0 radical (unpaired) electrons. The van der Waals surface area contributed by atoms with Gasteiger partial charge in [-0.15, -0.1) is 0 Å². The Balaban J connectivity index is 1.06. The van der Waals surface area contributed by atoms with E-state index in [0.29, 0.717) is 6.42 Å². The van der Waals surface area contributed by atoms with Crippen molar-refractivity contribution in [1.82, 2.24) is 10.6 Å². The van der Waals surface area contributed by atoms with Crippen LogP contribution in [0.1, 0.15) is 36.0 Å². The van der Waals surface area contributed by atoms with Gasteiger partial charge in [-0.2, -0.15) is 0 Å². The minimum absolute atomic E-state index is 0.0369.